The van der Waals surface area contributed by atoms with Gasteiger partial charge in [-0.3, -0.25) is 0 Å². The molecule has 0 radical (unpaired) electrons. The van der Waals surface area contributed by atoms with Crippen molar-refractivity contribution in [2.24, 2.45) is 0 Å². The Morgan fingerprint density at radius 1 is 0.686 bits per heavy atom. The molecule has 1 unspecified atom stereocenters. The first-order valence-corrected chi connectivity index (χ1v) is 19.1. The molecular formula is C39H39N2Na2O6S2+. The molecule has 1 atom stereocenters. The maximum absolute atomic E-state index is 11.5. The number of anilines is 1. The van der Waals surface area contributed by atoms with Crippen LogP contribution in [0.2, 0.25) is 0 Å². The average Bonchev–Trinajstić information content (AvgIpc) is 3.07. The van der Waals surface area contributed by atoms with E-state index in [1.165, 1.54) is 29.8 Å². The van der Waals surface area contributed by atoms with Crippen LogP contribution in [0.1, 0.15) is 40.7 Å². The van der Waals surface area contributed by atoms with E-state index in [0.717, 1.165) is 64.9 Å². The Labute approximate surface area is 346 Å². The van der Waals surface area contributed by atoms with Gasteiger partial charge in [-0.15, -0.1) is 0 Å². The van der Waals surface area contributed by atoms with Crippen LogP contribution in [0.25, 0.3) is 5.57 Å². The van der Waals surface area contributed by atoms with Gasteiger partial charge in [-0.1, -0.05) is 72.8 Å². The van der Waals surface area contributed by atoms with Crippen molar-refractivity contribution in [1.29, 1.82) is 0 Å². The first-order chi connectivity index (χ1) is 23.3. The summed E-state index contributed by atoms with van der Waals surface area (Å²) in [5, 5.41) is 0. The van der Waals surface area contributed by atoms with E-state index in [0.29, 0.717) is 17.6 Å². The monoisotopic (exact) mass is 741 g/mol. The minimum Gasteiger partial charge on any atom is -0.744 e. The third-order valence-corrected chi connectivity index (χ3v) is 11.3. The van der Waals surface area contributed by atoms with E-state index in [1.807, 2.05) is 7.05 Å². The summed E-state index contributed by atoms with van der Waals surface area (Å²) in [6.45, 7) is 2.16. The molecule has 0 aromatic heterocycles. The maximum atomic E-state index is 11.5. The van der Waals surface area contributed by atoms with Crippen molar-refractivity contribution in [2.75, 3.05) is 25.5 Å². The number of aryl methyl sites for hydroxylation is 1. The molecule has 12 heteroatoms. The Morgan fingerprint density at radius 3 is 1.69 bits per heavy atom. The Bertz CT molecular complexity index is 2120. The zero-order chi connectivity index (χ0) is 34.8. The second-order valence-electron chi connectivity index (χ2n) is 13.2. The van der Waals surface area contributed by atoms with Crippen molar-refractivity contribution in [3.05, 3.63) is 155 Å². The van der Waals surface area contributed by atoms with Gasteiger partial charge in [-0.25, -0.2) is 16.8 Å². The van der Waals surface area contributed by atoms with E-state index in [1.54, 1.807) is 24.3 Å². The number of quaternary nitrogens is 1. The van der Waals surface area contributed by atoms with Gasteiger partial charge in [0.1, 0.15) is 32.8 Å². The van der Waals surface area contributed by atoms with Crippen LogP contribution in [0.15, 0.2) is 137 Å². The van der Waals surface area contributed by atoms with E-state index >= 15 is 0 Å². The van der Waals surface area contributed by atoms with Crippen molar-refractivity contribution < 1.29 is 89.5 Å². The van der Waals surface area contributed by atoms with Crippen molar-refractivity contribution in [3.8, 4) is 0 Å². The fraction of sp³-hybridized carbons (Fsp3) is 0.231. The molecule has 4 bridgehead atoms. The van der Waals surface area contributed by atoms with E-state index in [4.69, 9.17) is 0 Å². The molecule has 254 valence electrons. The first kappa shape index (κ1) is 41.4. The number of likely N-dealkylation sites (N-methyl/N-ethyl adjacent to an activating group) is 1. The van der Waals surface area contributed by atoms with Crippen LogP contribution in [-0.4, -0.2) is 57.1 Å². The van der Waals surface area contributed by atoms with Crippen molar-refractivity contribution >= 4 is 31.5 Å². The van der Waals surface area contributed by atoms with Crippen LogP contribution < -0.4 is 64.0 Å². The third kappa shape index (κ3) is 10.2. The third-order valence-electron chi connectivity index (χ3n) is 9.57. The SMILES string of the molecule is CN(Cc1ccc(S(=O)(=O)[O-])cc1)c1ccc(C2=C3C=CC(C=C3)[N+](C)(Cc3ccc(S(=O)(=O)[O-])cc3)CCCCc3ccc2cc3)cc1.[Na+].[Na+]. The fourth-order valence-corrected chi connectivity index (χ4v) is 7.71. The van der Waals surface area contributed by atoms with Gasteiger partial charge in [0, 0.05) is 24.8 Å². The summed E-state index contributed by atoms with van der Waals surface area (Å²) < 4.78 is 69.1. The van der Waals surface area contributed by atoms with Gasteiger partial charge in [0.15, 0.2) is 0 Å². The summed E-state index contributed by atoms with van der Waals surface area (Å²) in [7, 11) is -4.77. The molecular weight excluding hydrogens is 703 g/mol. The molecule has 0 saturated carbocycles. The molecule has 8 nitrogen and oxygen atoms in total. The number of benzene rings is 4. The molecule has 4 aromatic carbocycles. The predicted octanol–water partition coefficient (Wildman–Crippen LogP) is 0.419. The molecule has 0 amide bonds. The molecule has 51 heavy (non-hydrogen) atoms. The second kappa shape index (κ2) is 17.2. The number of allylic oxidation sites excluding steroid dienone is 3. The molecule has 4 aromatic rings. The van der Waals surface area contributed by atoms with Crippen molar-refractivity contribution in [3.63, 3.8) is 0 Å². The largest absolute Gasteiger partial charge is 1.00 e. The Balaban J connectivity index is 0.00000292. The van der Waals surface area contributed by atoms with Crippen LogP contribution in [0.3, 0.4) is 0 Å². The molecule has 1 aliphatic carbocycles. The number of nitrogens with zero attached hydrogens (tertiary/aromatic N) is 2. The minimum atomic E-state index is -4.49. The molecule has 9 rings (SSSR count). The minimum absolute atomic E-state index is 0. The van der Waals surface area contributed by atoms with Crippen LogP contribution in [0.5, 0.6) is 0 Å². The summed E-state index contributed by atoms with van der Waals surface area (Å²) >= 11 is 0. The van der Waals surface area contributed by atoms with Gasteiger partial charge >= 0.3 is 59.1 Å². The molecule has 0 N–H and O–H groups in total. The Kier molecular flexibility index (Phi) is 14.0. The normalized spacial score (nSPS) is 18.9. The van der Waals surface area contributed by atoms with Crippen molar-refractivity contribution in [1.82, 2.24) is 0 Å². The van der Waals surface area contributed by atoms with E-state index in [9.17, 15) is 25.9 Å². The van der Waals surface area contributed by atoms with E-state index in [2.05, 4.69) is 84.8 Å². The molecule has 0 fully saturated rings. The summed E-state index contributed by atoms with van der Waals surface area (Å²) in [4.78, 5) is 1.62. The summed E-state index contributed by atoms with van der Waals surface area (Å²) in [6, 6.07) is 29.7. The standard InChI is InChI=1S/C39H40N2O6S2.2Na/c1-40(27-30-8-22-37(23-9-30)48(42,43)44)35-18-14-33(15-19-35)39-32-12-6-29(7-13-32)5-3-4-26-41(2,36-20-16-34(39)17-21-36)28-31-10-24-38(25-11-31)49(45,46)47;;/h6-25,36H,3-5,26-28H2,1-2H3,(H-,42,43,44,45,46,47);;/q;2*+1/p-1. The van der Waals surface area contributed by atoms with Gasteiger partial charge in [-0.05, 0) is 101 Å². The smallest absolute Gasteiger partial charge is 0.744 e. The van der Waals surface area contributed by atoms with E-state index < -0.39 is 20.2 Å². The summed E-state index contributed by atoms with van der Waals surface area (Å²) in [5.41, 5.74) is 8.60. The van der Waals surface area contributed by atoms with Crippen LogP contribution >= 0.6 is 0 Å². The van der Waals surface area contributed by atoms with Crippen LogP contribution in [-0.2, 0) is 39.7 Å². The van der Waals surface area contributed by atoms with Crippen LogP contribution in [0, 0.1) is 0 Å². The molecule has 4 aliphatic heterocycles. The first-order valence-electron chi connectivity index (χ1n) is 16.2. The van der Waals surface area contributed by atoms with E-state index in [-0.39, 0.29) is 74.9 Å². The molecule has 0 saturated heterocycles. The number of rotatable bonds is 8. The zero-order valence-corrected chi connectivity index (χ0v) is 35.2. The Morgan fingerprint density at radius 2 is 1.18 bits per heavy atom. The van der Waals surface area contributed by atoms with Gasteiger partial charge in [0.2, 0.25) is 0 Å². The zero-order valence-electron chi connectivity index (χ0n) is 29.5. The number of hydrogen-bond donors (Lipinski definition) is 0. The molecule has 0 spiro atoms. The fourth-order valence-electron chi connectivity index (χ4n) is 6.77. The van der Waals surface area contributed by atoms with Gasteiger partial charge in [0.25, 0.3) is 0 Å². The number of hydrogen-bond acceptors (Lipinski definition) is 7. The molecule has 5 aliphatic rings. The van der Waals surface area contributed by atoms with Crippen molar-refractivity contribution in [2.45, 2.75) is 48.2 Å². The van der Waals surface area contributed by atoms with Gasteiger partial charge < -0.3 is 18.5 Å². The summed E-state index contributed by atoms with van der Waals surface area (Å²) in [5.74, 6) is 0. The van der Waals surface area contributed by atoms with Gasteiger partial charge in [-0.2, -0.15) is 0 Å². The topological polar surface area (TPSA) is 118 Å². The van der Waals surface area contributed by atoms with Crippen LogP contribution in [0.4, 0.5) is 5.69 Å². The average molecular weight is 742 g/mol. The van der Waals surface area contributed by atoms with Gasteiger partial charge in [0.05, 0.1) is 23.4 Å². The maximum Gasteiger partial charge on any atom is 1.00 e. The molecule has 4 heterocycles. The quantitative estimate of drug-likeness (QED) is 0.146. The predicted molar refractivity (Wildman–Crippen MR) is 190 cm³/mol. The summed E-state index contributed by atoms with van der Waals surface area (Å²) in [6.07, 6.45) is 12.0. The Hall–Kier alpha value is -2.32. The second-order valence-corrected chi connectivity index (χ2v) is 15.9.